The van der Waals surface area contributed by atoms with Crippen molar-refractivity contribution in [2.45, 2.75) is 65.3 Å². The monoisotopic (exact) mass is 561 g/mol. The number of aromatic nitrogens is 2. The largest absolute Gasteiger partial charge is 0.359 e. The van der Waals surface area contributed by atoms with Gasteiger partial charge in [-0.2, -0.15) is 0 Å². The fraction of sp³-hybridized carbons (Fsp3) is 0.545. The molecule has 3 heterocycles. The highest BCUT2D eigenvalue weighted by atomic mass is 19.1. The average molecular weight is 562 g/mol. The number of pyridine rings is 1. The number of nitrogens with one attached hydrogen (secondary N) is 1. The summed E-state index contributed by atoms with van der Waals surface area (Å²) in [7, 11) is 3.49. The van der Waals surface area contributed by atoms with Crippen LogP contribution in [0.3, 0.4) is 0 Å². The predicted molar refractivity (Wildman–Crippen MR) is 161 cm³/mol. The molecular formula is C33H44FN5O2. The number of nitrogens with zero attached hydrogens (tertiary/aromatic N) is 4. The van der Waals surface area contributed by atoms with Crippen molar-refractivity contribution in [1.29, 1.82) is 0 Å². The molecule has 1 aromatic carbocycles. The molecule has 1 saturated carbocycles. The van der Waals surface area contributed by atoms with E-state index in [0.717, 1.165) is 69.2 Å². The van der Waals surface area contributed by atoms with Crippen molar-refractivity contribution in [3.05, 3.63) is 59.3 Å². The number of likely N-dealkylation sites (tertiary alicyclic amines) is 1. The molecule has 1 atom stereocenters. The third kappa shape index (κ3) is 6.17. The second kappa shape index (κ2) is 12.3. The van der Waals surface area contributed by atoms with Crippen molar-refractivity contribution in [1.82, 2.24) is 24.7 Å². The normalized spacial score (nSPS) is 21.5. The van der Waals surface area contributed by atoms with E-state index in [0.29, 0.717) is 23.1 Å². The van der Waals surface area contributed by atoms with Crippen molar-refractivity contribution in [3.8, 4) is 5.69 Å². The Morgan fingerprint density at radius 1 is 1.12 bits per heavy atom. The van der Waals surface area contributed by atoms with Gasteiger partial charge in [0.25, 0.3) is 5.91 Å². The SMILES string of the molecule is CNC(=O)[C@H]1CC[C@H](CN2CC[C@@H](Cc3cn(-c4ccc(F)cc4C(=O)N(C)C(C)C)c4cncc(C)c34)C2)CC1. The number of amides is 2. The summed E-state index contributed by atoms with van der Waals surface area (Å²) in [6.07, 6.45) is 12.2. The summed E-state index contributed by atoms with van der Waals surface area (Å²) in [5.41, 5.74) is 4.32. The molecular weight excluding hydrogens is 517 g/mol. The van der Waals surface area contributed by atoms with Crippen LogP contribution in [0, 0.1) is 30.5 Å². The molecule has 2 aliphatic rings. The van der Waals surface area contributed by atoms with Gasteiger partial charge in [0.2, 0.25) is 5.91 Å². The highest BCUT2D eigenvalue weighted by molar-refractivity contribution is 5.99. The molecule has 1 saturated heterocycles. The number of hydrogen-bond donors (Lipinski definition) is 1. The quantitative estimate of drug-likeness (QED) is 0.402. The maximum Gasteiger partial charge on any atom is 0.256 e. The fourth-order valence-electron chi connectivity index (χ4n) is 6.84. The Labute approximate surface area is 243 Å². The number of carbonyl (C=O) groups is 2. The highest BCUT2D eigenvalue weighted by Crippen LogP contribution is 2.34. The molecule has 0 radical (unpaired) electrons. The number of rotatable bonds is 8. The van der Waals surface area contributed by atoms with Crippen LogP contribution in [0.15, 0.2) is 36.8 Å². The molecule has 3 aromatic rings. The summed E-state index contributed by atoms with van der Waals surface area (Å²) in [5.74, 6) is 0.968. The van der Waals surface area contributed by atoms with Gasteiger partial charge in [-0.15, -0.1) is 0 Å². The van der Waals surface area contributed by atoms with Gasteiger partial charge in [0.05, 0.1) is 23.0 Å². The van der Waals surface area contributed by atoms with Crippen LogP contribution >= 0.6 is 0 Å². The molecule has 0 unspecified atom stereocenters. The van der Waals surface area contributed by atoms with E-state index in [1.807, 2.05) is 30.8 Å². The van der Waals surface area contributed by atoms with E-state index in [1.54, 1.807) is 25.1 Å². The first kappa shape index (κ1) is 29.2. The first-order valence-corrected chi connectivity index (χ1v) is 15.1. The minimum atomic E-state index is -0.423. The Balaban J connectivity index is 1.35. The van der Waals surface area contributed by atoms with Gasteiger partial charge in [-0.1, -0.05) is 0 Å². The highest BCUT2D eigenvalue weighted by Gasteiger charge is 2.30. The van der Waals surface area contributed by atoms with Crippen LogP contribution in [0.5, 0.6) is 0 Å². The number of benzene rings is 1. The predicted octanol–water partition coefficient (Wildman–Crippen LogP) is 5.37. The van der Waals surface area contributed by atoms with Crippen molar-refractivity contribution >= 4 is 22.7 Å². The van der Waals surface area contributed by atoms with Gasteiger partial charge in [-0.05, 0) is 107 Å². The van der Waals surface area contributed by atoms with E-state index >= 15 is 0 Å². The van der Waals surface area contributed by atoms with E-state index in [2.05, 4.69) is 28.3 Å². The zero-order chi connectivity index (χ0) is 29.3. The van der Waals surface area contributed by atoms with E-state index in [-0.39, 0.29) is 23.8 Å². The van der Waals surface area contributed by atoms with Crippen LogP contribution in [0.2, 0.25) is 0 Å². The summed E-state index contributed by atoms with van der Waals surface area (Å²) in [6, 6.07) is 4.48. The van der Waals surface area contributed by atoms with Crippen molar-refractivity contribution in [3.63, 3.8) is 0 Å². The van der Waals surface area contributed by atoms with E-state index < -0.39 is 5.82 Å². The molecule has 1 aliphatic carbocycles. The molecule has 220 valence electrons. The first-order chi connectivity index (χ1) is 19.7. The number of hydrogen-bond acceptors (Lipinski definition) is 4. The zero-order valence-corrected chi connectivity index (χ0v) is 25.1. The number of halogens is 1. The van der Waals surface area contributed by atoms with Crippen molar-refractivity contribution < 1.29 is 14.0 Å². The summed E-state index contributed by atoms with van der Waals surface area (Å²) in [5, 5.41) is 3.98. The topological polar surface area (TPSA) is 70.5 Å². The molecule has 5 rings (SSSR count). The molecule has 41 heavy (non-hydrogen) atoms. The fourth-order valence-corrected chi connectivity index (χ4v) is 6.84. The molecule has 1 N–H and O–H groups in total. The van der Waals surface area contributed by atoms with Gasteiger partial charge in [0, 0.05) is 56.9 Å². The molecule has 7 nitrogen and oxygen atoms in total. The lowest BCUT2D eigenvalue weighted by Gasteiger charge is -2.30. The Bertz CT molecular complexity index is 1410. The van der Waals surface area contributed by atoms with Gasteiger partial charge in [-0.3, -0.25) is 14.6 Å². The van der Waals surface area contributed by atoms with Gasteiger partial charge >= 0.3 is 0 Å². The minimum Gasteiger partial charge on any atom is -0.359 e. The van der Waals surface area contributed by atoms with Crippen LogP contribution in [-0.2, 0) is 11.2 Å². The Kier molecular flexibility index (Phi) is 8.78. The number of aryl methyl sites for hydroxylation is 1. The average Bonchev–Trinajstić information content (AvgIpc) is 3.57. The second-order valence-electron chi connectivity index (χ2n) is 12.5. The lowest BCUT2D eigenvalue weighted by Crippen LogP contribution is -2.34. The lowest BCUT2D eigenvalue weighted by molar-refractivity contribution is -0.125. The summed E-state index contributed by atoms with van der Waals surface area (Å²) in [4.78, 5) is 34.1. The molecule has 0 spiro atoms. The Hall–Kier alpha value is -3.26. The van der Waals surface area contributed by atoms with Gasteiger partial charge in [0.15, 0.2) is 0 Å². The summed E-state index contributed by atoms with van der Waals surface area (Å²) < 4.78 is 16.4. The smallest absolute Gasteiger partial charge is 0.256 e. The van der Waals surface area contributed by atoms with E-state index in [9.17, 15) is 14.0 Å². The summed E-state index contributed by atoms with van der Waals surface area (Å²) in [6.45, 7) is 9.29. The zero-order valence-electron chi connectivity index (χ0n) is 25.1. The third-order valence-corrected chi connectivity index (χ3v) is 9.38. The van der Waals surface area contributed by atoms with Crippen molar-refractivity contribution in [2.24, 2.45) is 17.8 Å². The standard InChI is InChI=1S/C33H44FN5O2/c1-21(2)37(5)33(41)28-15-27(34)10-11-29(28)39-20-26(31-22(3)16-36-17-30(31)39)14-24-12-13-38(19-24)18-23-6-8-25(9-7-23)32(40)35-4/h10-11,15-17,20-21,23-25H,6-9,12-14,18-19H2,1-5H3,(H,35,40)/t23-,24-,25-/m0/s1. The van der Waals surface area contributed by atoms with E-state index in [1.165, 1.54) is 23.1 Å². The third-order valence-electron chi connectivity index (χ3n) is 9.38. The minimum absolute atomic E-state index is 0.00399. The molecule has 2 amide bonds. The maximum absolute atomic E-state index is 14.4. The Morgan fingerprint density at radius 3 is 2.59 bits per heavy atom. The maximum atomic E-state index is 14.4. The molecule has 2 aromatic heterocycles. The first-order valence-electron chi connectivity index (χ1n) is 15.1. The molecule has 1 aliphatic heterocycles. The second-order valence-corrected chi connectivity index (χ2v) is 12.5. The molecule has 2 fully saturated rings. The van der Waals surface area contributed by atoms with Crippen molar-refractivity contribution in [2.75, 3.05) is 33.7 Å². The molecule has 0 bridgehead atoms. The summed E-state index contributed by atoms with van der Waals surface area (Å²) >= 11 is 0. The van der Waals surface area contributed by atoms with Gasteiger partial charge in [-0.25, -0.2) is 4.39 Å². The number of fused-ring (bicyclic) bond motifs is 1. The van der Waals surface area contributed by atoms with Crippen LogP contribution in [0.25, 0.3) is 16.6 Å². The number of carbonyl (C=O) groups excluding carboxylic acids is 2. The van der Waals surface area contributed by atoms with Gasteiger partial charge < -0.3 is 19.7 Å². The Morgan fingerprint density at radius 2 is 1.88 bits per heavy atom. The molecule has 8 heteroatoms. The van der Waals surface area contributed by atoms with Gasteiger partial charge in [0.1, 0.15) is 5.82 Å². The van der Waals surface area contributed by atoms with Crippen LogP contribution in [0.4, 0.5) is 4.39 Å². The lowest BCUT2D eigenvalue weighted by atomic mass is 9.81. The van der Waals surface area contributed by atoms with Crippen LogP contribution < -0.4 is 5.32 Å². The van der Waals surface area contributed by atoms with E-state index in [4.69, 9.17) is 0 Å². The van der Waals surface area contributed by atoms with Crippen LogP contribution in [-0.4, -0.2) is 70.9 Å². The van der Waals surface area contributed by atoms with Crippen LogP contribution in [0.1, 0.15) is 67.4 Å².